The van der Waals surface area contributed by atoms with Gasteiger partial charge in [0, 0.05) is 4.47 Å². The summed E-state index contributed by atoms with van der Waals surface area (Å²) in [6.45, 7) is 0. The topological polar surface area (TPSA) is 62.1 Å². The first kappa shape index (κ1) is 12.9. The van der Waals surface area contributed by atoms with Crippen LogP contribution in [0.1, 0.15) is 29.6 Å². The van der Waals surface area contributed by atoms with E-state index in [4.69, 9.17) is 10.00 Å². The number of nitrogens with zero attached hydrogens (tertiary/aromatic N) is 1. The molecule has 0 radical (unpaired) electrons. The fraction of sp³-hybridized carbons (Fsp3) is 0.385. The van der Waals surface area contributed by atoms with Crippen LogP contribution in [-0.2, 0) is 0 Å². The molecule has 0 aromatic heterocycles. The number of carbonyl (C=O) groups excluding carboxylic acids is 1. The normalized spacial score (nSPS) is 16.3. The first-order chi connectivity index (χ1) is 8.60. The number of ether oxygens (including phenoxy) is 1. The third kappa shape index (κ3) is 2.34. The molecule has 1 aromatic rings. The van der Waals surface area contributed by atoms with Crippen LogP contribution >= 0.6 is 15.9 Å². The van der Waals surface area contributed by atoms with Gasteiger partial charge in [0.05, 0.1) is 18.7 Å². The maximum absolute atomic E-state index is 12.2. The average molecular weight is 309 g/mol. The van der Waals surface area contributed by atoms with Crippen LogP contribution in [0.2, 0.25) is 0 Å². The van der Waals surface area contributed by atoms with Crippen molar-refractivity contribution in [2.45, 2.75) is 24.8 Å². The molecule has 0 spiro atoms. The maximum atomic E-state index is 12.2. The van der Waals surface area contributed by atoms with Crippen LogP contribution < -0.4 is 10.1 Å². The van der Waals surface area contributed by atoms with Crippen molar-refractivity contribution in [2.75, 3.05) is 7.11 Å². The summed E-state index contributed by atoms with van der Waals surface area (Å²) in [6, 6.07) is 7.37. The number of hydrogen-bond donors (Lipinski definition) is 1. The maximum Gasteiger partial charge on any atom is 0.253 e. The van der Waals surface area contributed by atoms with Crippen LogP contribution in [0.5, 0.6) is 5.75 Å². The minimum Gasteiger partial charge on any atom is -0.497 e. The number of methoxy groups -OCH3 is 1. The molecule has 1 aromatic carbocycles. The molecule has 1 fully saturated rings. The summed E-state index contributed by atoms with van der Waals surface area (Å²) in [5.74, 6) is 0.366. The van der Waals surface area contributed by atoms with E-state index >= 15 is 0 Å². The largest absolute Gasteiger partial charge is 0.497 e. The lowest BCUT2D eigenvalue weighted by atomic mass is 9.78. The van der Waals surface area contributed by atoms with Gasteiger partial charge in [-0.15, -0.1) is 0 Å². The fourth-order valence-corrected chi connectivity index (χ4v) is 2.31. The number of halogens is 1. The Balaban J connectivity index is 2.21. The molecule has 1 amide bonds. The van der Waals surface area contributed by atoms with Gasteiger partial charge in [-0.3, -0.25) is 4.79 Å². The lowest BCUT2D eigenvalue weighted by Gasteiger charge is -2.35. The summed E-state index contributed by atoms with van der Waals surface area (Å²) in [7, 11) is 1.55. The predicted octanol–water partition coefficient (Wildman–Crippen LogP) is 2.63. The quantitative estimate of drug-likeness (QED) is 0.933. The molecule has 0 aliphatic heterocycles. The SMILES string of the molecule is COc1ccc(Br)c(C(=O)NC2(C#N)CCC2)c1. The molecule has 4 nitrogen and oxygen atoms in total. The Morgan fingerprint density at radius 3 is 2.78 bits per heavy atom. The summed E-state index contributed by atoms with van der Waals surface area (Å²) in [5.41, 5.74) is -0.199. The van der Waals surface area contributed by atoms with Gasteiger partial charge in [0.1, 0.15) is 11.3 Å². The van der Waals surface area contributed by atoms with Gasteiger partial charge in [-0.25, -0.2) is 0 Å². The molecule has 1 saturated carbocycles. The Kier molecular flexibility index (Phi) is 3.58. The Morgan fingerprint density at radius 2 is 2.28 bits per heavy atom. The zero-order chi connectivity index (χ0) is 13.2. The summed E-state index contributed by atoms with van der Waals surface area (Å²) in [4.78, 5) is 12.2. The molecule has 1 N–H and O–H groups in total. The van der Waals surface area contributed by atoms with E-state index in [0.29, 0.717) is 15.8 Å². The summed E-state index contributed by atoms with van der Waals surface area (Å²) in [5, 5.41) is 11.9. The monoisotopic (exact) mass is 308 g/mol. The first-order valence-corrected chi connectivity index (χ1v) is 6.47. The van der Waals surface area contributed by atoms with Gasteiger partial charge in [0.25, 0.3) is 5.91 Å². The van der Waals surface area contributed by atoms with E-state index in [-0.39, 0.29) is 5.91 Å². The van der Waals surface area contributed by atoms with E-state index in [1.54, 1.807) is 25.3 Å². The lowest BCUT2D eigenvalue weighted by Crippen LogP contribution is -2.52. The fourth-order valence-electron chi connectivity index (χ4n) is 1.89. The molecular formula is C13H13BrN2O2. The number of amides is 1. The number of nitrogens with one attached hydrogen (secondary N) is 1. The number of carbonyl (C=O) groups is 1. The molecule has 0 unspecified atom stereocenters. The van der Waals surface area contributed by atoms with Crippen molar-refractivity contribution in [1.29, 1.82) is 5.26 Å². The van der Waals surface area contributed by atoms with Crippen molar-refractivity contribution < 1.29 is 9.53 Å². The Bertz CT molecular complexity index is 518. The van der Waals surface area contributed by atoms with Crippen LogP contribution in [0, 0.1) is 11.3 Å². The van der Waals surface area contributed by atoms with Crippen molar-refractivity contribution in [1.82, 2.24) is 5.32 Å². The molecule has 18 heavy (non-hydrogen) atoms. The second-order valence-electron chi connectivity index (χ2n) is 4.35. The molecule has 94 valence electrons. The number of hydrogen-bond acceptors (Lipinski definition) is 3. The van der Waals surface area contributed by atoms with E-state index in [9.17, 15) is 4.79 Å². The van der Waals surface area contributed by atoms with E-state index in [1.165, 1.54) is 0 Å². The van der Waals surface area contributed by atoms with Crippen LogP contribution in [0.15, 0.2) is 22.7 Å². The summed E-state index contributed by atoms with van der Waals surface area (Å²) < 4.78 is 5.78. The highest BCUT2D eigenvalue weighted by Gasteiger charge is 2.39. The van der Waals surface area contributed by atoms with Crippen molar-refractivity contribution in [3.63, 3.8) is 0 Å². The van der Waals surface area contributed by atoms with Crippen LogP contribution in [0.3, 0.4) is 0 Å². The second kappa shape index (κ2) is 4.99. The van der Waals surface area contributed by atoms with Gasteiger partial charge in [-0.05, 0) is 53.4 Å². The van der Waals surface area contributed by atoms with Gasteiger partial charge in [-0.2, -0.15) is 5.26 Å². The smallest absolute Gasteiger partial charge is 0.253 e. The number of benzene rings is 1. The molecular weight excluding hydrogens is 296 g/mol. The van der Waals surface area contributed by atoms with Crippen molar-refractivity contribution in [3.05, 3.63) is 28.2 Å². The van der Waals surface area contributed by atoms with E-state index in [0.717, 1.165) is 19.3 Å². The van der Waals surface area contributed by atoms with E-state index in [1.807, 2.05) is 0 Å². The van der Waals surface area contributed by atoms with Gasteiger partial charge in [0.15, 0.2) is 0 Å². The molecule has 1 aliphatic rings. The Labute approximate surface area is 114 Å². The predicted molar refractivity (Wildman–Crippen MR) is 70.4 cm³/mol. The van der Waals surface area contributed by atoms with E-state index in [2.05, 4.69) is 27.3 Å². The molecule has 0 saturated heterocycles. The minimum atomic E-state index is -0.681. The second-order valence-corrected chi connectivity index (χ2v) is 5.20. The molecule has 0 bridgehead atoms. The zero-order valence-corrected chi connectivity index (χ0v) is 11.6. The summed E-state index contributed by atoms with van der Waals surface area (Å²) >= 11 is 3.33. The van der Waals surface area contributed by atoms with Crippen LogP contribution in [-0.4, -0.2) is 18.6 Å². The van der Waals surface area contributed by atoms with Crippen molar-refractivity contribution in [3.8, 4) is 11.8 Å². The van der Waals surface area contributed by atoms with Crippen molar-refractivity contribution in [2.24, 2.45) is 0 Å². The van der Waals surface area contributed by atoms with Crippen molar-refractivity contribution >= 4 is 21.8 Å². The first-order valence-electron chi connectivity index (χ1n) is 5.67. The number of rotatable bonds is 3. The highest BCUT2D eigenvalue weighted by molar-refractivity contribution is 9.10. The molecule has 2 rings (SSSR count). The molecule has 0 heterocycles. The highest BCUT2D eigenvalue weighted by atomic mass is 79.9. The average Bonchev–Trinajstić information content (AvgIpc) is 2.34. The Morgan fingerprint density at radius 1 is 1.56 bits per heavy atom. The molecule has 5 heteroatoms. The van der Waals surface area contributed by atoms with Gasteiger partial charge in [0.2, 0.25) is 0 Å². The third-order valence-corrected chi connectivity index (χ3v) is 3.88. The zero-order valence-electron chi connectivity index (χ0n) is 10.00. The van der Waals surface area contributed by atoms with Gasteiger partial charge >= 0.3 is 0 Å². The summed E-state index contributed by atoms with van der Waals surface area (Å²) in [6.07, 6.45) is 2.42. The Hall–Kier alpha value is -1.54. The van der Waals surface area contributed by atoms with Gasteiger partial charge in [-0.1, -0.05) is 0 Å². The molecule has 0 atom stereocenters. The minimum absolute atomic E-state index is 0.248. The highest BCUT2D eigenvalue weighted by Crippen LogP contribution is 2.32. The van der Waals surface area contributed by atoms with Crippen LogP contribution in [0.4, 0.5) is 0 Å². The lowest BCUT2D eigenvalue weighted by molar-refractivity contribution is 0.0880. The molecule has 1 aliphatic carbocycles. The van der Waals surface area contributed by atoms with E-state index < -0.39 is 5.54 Å². The number of nitriles is 1. The third-order valence-electron chi connectivity index (χ3n) is 3.19. The van der Waals surface area contributed by atoms with Crippen LogP contribution in [0.25, 0.3) is 0 Å². The standard InChI is InChI=1S/C13H13BrN2O2/c1-18-9-3-4-11(14)10(7-9)12(17)16-13(8-15)5-2-6-13/h3-4,7H,2,5-6H2,1H3,(H,16,17). The van der Waals surface area contributed by atoms with Gasteiger partial charge < -0.3 is 10.1 Å².